The molecule has 1 aromatic heterocycles. The number of hydrogen-bond donors (Lipinski definition) is 1. The Morgan fingerprint density at radius 2 is 2.40 bits per heavy atom. The summed E-state index contributed by atoms with van der Waals surface area (Å²) >= 11 is 3.31. The van der Waals surface area contributed by atoms with Gasteiger partial charge in [-0.3, -0.25) is 9.78 Å². The Kier molecular flexibility index (Phi) is 5.10. The van der Waals surface area contributed by atoms with Gasteiger partial charge in [0, 0.05) is 17.2 Å². The number of hydrogen-bond acceptors (Lipinski definition) is 4. The molecule has 4 nitrogen and oxygen atoms in total. The topological polar surface area (TPSA) is 51.2 Å². The summed E-state index contributed by atoms with van der Waals surface area (Å²) in [6.45, 7) is 2.78. The number of nitrogens with one attached hydrogen (secondary N) is 1. The number of ether oxygens (including phenoxy) is 1. The van der Waals surface area contributed by atoms with Crippen LogP contribution < -0.4 is 5.32 Å². The van der Waals surface area contributed by atoms with Gasteiger partial charge >= 0.3 is 5.97 Å². The lowest BCUT2D eigenvalue weighted by Gasteiger charge is -2.05. The Morgan fingerprint density at radius 3 is 3.07 bits per heavy atom. The standard InChI is InChI=1S/C10H13BrN2O2/c1-2-15-10(14)3-4-13-9-5-8(11)6-12-7-9/h5-7,13H,2-4H2,1H3. The largest absolute Gasteiger partial charge is 0.466 e. The summed E-state index contributed by atoms with van der Waals surface area (Å²) in [7, 11) is 0. The van der Waals surface area contributed by atoms with Crippen LogP contribution in [0.25, 0.3) is 0 Å². The van der Waals surface area contributed by atoms with E-state index in [9.17, 15) is 4.79 Å². The Balaban J connectivity index is 2.28. The van der Waals surface area contributed by atoms with E-state index in [1.807, 2.05) is 6.07 Å². The van der Waals surface area contributed by atoms with E-state index in [-0.39, 0.29) is 5.97 Å². The Labute approximate surface area is 97.2 Å². The summed E-state index contributed by atoms with van der Waals surface area (Å²) in [5, 5.41) is 3.08. The van der Waals surface area contributed by atoms with Gasteiger partial charge in [-0.15, -0.1) is 0 Å². The highest BCUT2D eigenvalue weighted by atomic mass is 79.9. The van der Waals surface area contributed by atoms with E-state index in [4.69, 9.17) is 4.74 Å². The lowest BCUT2D eigenvalue weighted by Crippen LogP contribution is -2.11. The summed E-state index contributed by atoms with van der Waals surface area (Å²) in [6.07, 6.45) is 3.77. The molecule has 0 radical (unpaired) electrons. The van der Waals surface area contributed by atoms with E-state index in [0.717, 1.165) is 10.2 Å². The average molecular weight is 273 g/mol. The minimum absolute atomic E-state index is 0.187. The van der Waals surface area contributed by atoms with Crippen LogP contribution >= 0.6 is 15.9 Å². The van der Waals surface area contributed by atoms with Gasteiger partial charge < -0.3 is 10.1 Å². The predicted octanol–water partition coefficient (Wildman–Crippen LogP) is 2.21. The smallest absolute Gasteiger partial charge is 0.307 e. The van der Waals surface area contributed by atoms with Crippen LogP contribution in [0.5, 0.6) is 0 Å². The van der Waals surface area contributed by atoms with Crippen molar-refractivity contribution in [1.29, 1.82) is 0 Å². The van der Waals surface area contributed by atoms with E-state index in [2.05, 4.69) is 26.2 Å². The zero-order valence-electron chi connectivity index (χ0n) is 8.50. The number of nitrogens with zero attached hydrogens (tertiary/aromatic N) is 1. The number of anilines is 1. The third kappa shape index (κ3) is 4.78. The fourth-order valence-electron chi connectivity index (χ4n) is 1.05. The number of rotatable bonds is 5. The van der Waals surface area contributed by atoms with Crippen LogP contribution in [0.3, 0.4) is 0 Å². The molecule has 0 bridgehead atoms. The Morgan fingerprint density at radius 1 is 1.60 bits per heavy atom. The SMILES string of the molecule is CCOC(=O)CCNc1cncc(Br)c1. The summed E-state index contributed by atoms with van der Waals surface area (Å²) < 4.78 is 5.71. The van der Waals surface area contributed by atoms with Crippen LogP contribution in [0.4, 0.5) is 5.69 Å². The fourth-order valence-corrected chi connectivity index (χ4v) is 1.42. The molecule has 0 aromatic carbocycles. The summed E-state index contributed by atoms with van der Waals surface area (Å²) in [5.74, 6) is -0.187. The minimum Gasteiger partial charge on any atom is -0.466 e. The normalized spacial score (nSPS) is 9.73. The molecule has 0 aliphatic rings. The molecule has 1 N–H and O–H groups in total. The van der Waals surface area contributed by atoms with Crippen LogP contribution in [0.15, 0.2) is 22.9 Å². The molecule has 0 saturated carbocycles. The maximum absolute atomic E-state index is 11.0. The lowest BCUT2D eigenvalue weighted by molar-refractivity contribution is -0.142. The summed E-state index contributed by atoms with van der Waals surface area (Å²) in [4.78, 5) is 15.0. The number of carbonyl (C=O) groups excluding carboxylic acids is 1. The molecule has 0 fully saturated rings. The Hall–Kier alpha value is -1.10. The molecule has 1 rings (SSSR count). The van der Waals surface area contributed by atoms with Gasteiger partial charge in [-0.2, -0.15) is 0 Å². The molecule has 0 amide bonds. The molecule has 0 aliphatic heterocycles. The van der Waals surface area contributed by atoms with Crippen LogP contribution in [0.1, 0.15) is 13.3 Å². The highest BCUT2D eigenvalue weighted by molar-refractivity contribution is 9.10. The van der Waals surface area contributed by atoms with Crippen molar-refractivity contribution in [3.8, 4) is 0 Å². The molecule has 0 aliphatic carbocycles. The predicted molar refractivity (Wildman–Crippen MR) is 61.7 cm³/mol. The van der Waals surface area contributed by atoms with Crippen molar-refractivity contribution in [3.05, 3.63) is 22.9 Å². The monoisotopic (exact) mass is 272 g/mol. The van der Waals surface area contributed by atoms with Crippen LogP contribution in [-0.2, 0) is 9.53 Å². The second-order valence-corrected chi connectivity index (χ2v) is 3.79. The molecule has 1 aromatic rings. The quantitative estimate of drug-likeness (QED) is 0.836. The van der Waals surface area contributed by atoms with E-state index in [1.165, 1.54) is 0 Å². The van der Waals surface area contributed by atoms with Gasteiger partial charge in [0.15, 0.2) is 0 Å². The molecule has 0 spiro atoms. The number of pyridine rings is 1. The number of halogens is 1. The van der Waals surface area contributed by atoms with Crippen molar-refractivity contribution in [2.75, 3.05) is 18.5 Å². The van der Waals surface area contributed by atoms with Gasteiger partial charge in [0.1, 0.15) is 0 Å². The maximum atomic E-state index is 11.0. The van der Waals surface area contributed by atoms with Crippen molar-refractivity contribution in [1.82, 2.24) is 4.98 Å². The van der Waals surface area contributed by atoms with Gasteiger partial charge in [-0.25, -0.2) is 0 Å². The van der Waals surface area contributed by atoms with E-state index >= 15 is 0 Å². The van der Waals surface area contributed by atoms with Crippen LogP contribution in [0, 0.1) is 0 Å². The second-order valence-electron chi connectivity index (χ2n) is 2.87. The van der Waals surface area contributed by atoms with Gasteiger partial charge in [0.05, 0.1) is 24.9 Å². The fraction of sp³-hybridized carbons (Fsp3) is 0.400. The second kappa shape index (κ2) is 6.40. The van der Waals surface area contributed by atoms with Gasteiger partial charge in [0.2, 0.25) is 0 Å². The number of esters is 1. The first-order valence-corrected chi connectivity index (χ1v) is 5.51. The molecule has 15 heavy (non-hydrogen) atoms. The summed E-state index contributed by atoms with van der Waals surface area (Å²) in [5.41, 5.74) is 0.883. The molecule has 0 unspecified atom stereocenters. The third-order valence-electron chi connectivity index (χ3n) is 1.67. The first-order chi connectivity index (χ1) is 7.22. The van der Waals surface area contributed by atoms with E-state index < -0.39 is 0 Å². The first-order valence-electron chi connectivity index (χ1n) is 4.72. The highest BCUT2D eigenvalue weighted by Crippen LogP contribution is 2.13. The van der Waals surface area contributed by atoms with Crippen LogP contribution in [0.2, 0.25) is 0 Å². The molecular weight excluding hydrogens is 260 g/mol. The van der Waals surface area contributed by atoms with Gasteiger partial charge in [0.25, 0.3) is 0 Å². The summed E-state index contributed by atoms with van der Waals surface area (Å²) in [6, 6.07) is 1.90. The average Bonchev–Trinajstić information content (AvgIpc) is 2.18. The van der Waals surface area contributed by atoms with Crippen molar-refractivity contribution < 1.29 is 9.53 Å². The minimum atomic E-state index is -0.187. The number of carbonyl (C=O) groups is 1. The van der Waals surface area contributed by atoms with E-state index in [0.29, 0.717) is 19.6 Å². The lowest BCUT2D eigenvalue weighted by atomic mass is 10.4. The Bertz CT molecular complexity index is 331. The molecule has 1 heterocycles. The molecule has 5 heteroatoms. The zero-order chi connectivity index (χ0) is 11.1. The van der Waals surface area contributed by atoms with Crippen molar-refractivity contribution in [2.45, 2.75) is 13.3 Å². The number of aromatic nitrogens is 1. The van der Waals surface area contributed by atoms with E-state index in [1.54, 1.807) is 19.3 Å². The molecule has 0 saturated heterocycles. The van der Waals surface area contributed by atoms with Crippen molar-refractivity contribution in [3.63, 3.8) is 0 Å². The maximum Gasteiger partial charge on any atom is 0.307 e. The van der Waals surface area contributed by atoms with Gasteiger partial charge in [-0.1, -0.05) is 0 Å². The van der Waals surface area contributed by atoms with Crippen LogP contribution in [-0.4, -0.2) is 24.1 Å². The van der Waals surface area contributed by atoms with Crippen molar-refractivity contribution in [2.24, 2.45) is 0 Å². The zero-order valence-corrected chi connectivity index (χ0v) is 10.1. The first kappa shape index (κ1) is 12.0. The van der Waals surface area contributed by atoms with Crippen molar-refractivity contribution >= 4 is 27.6 Å². The molecule has 82 valence electrons. The van der Waals surface area contributed by atoms with Gasteiger partial charge in [-0.05, 0) is 28.9 Å². The molecular formula is C10H13BrN2O2. The third-order valence-corrected chi connectivity index (χ3v) is 2.10. The highest BCUT2D eigenvalue weighted by Gasteiger charge is 2.00. The molecule has 0 atom stereocenters.